The van der Waals surface area contributed by atoms with Crippen molar-refractivity contribution in [3.63, 3.8) is 0 Å². The van der Waals surface area contributed by atoms with Crippen molar-refractivity contribution >= 4 is 17.6 Å². The highest BCUT2D eigenvalue weighted by atomic mass is 16.2. The summed E-state index contributed by atoms with van der Waals surface area (Å²) >= 11 is 0. The molecule has 0 aromatic heterocycles. The van der Waals surface area contributed by atoms with E-state index in [2.05, 4.69) is 12.1 Å². The van der Waals surface area contributed by atoms with Crippen LogP contribution in [0.5, 0.6) is 0 Å². The van der Waals surface area contributed by atoms with Gasteiger partial charge in [-0.15, -0.1) is 0 Å². The van der Waals surface area contributed by atoms with Gasteiger partial charge in [-0.2, -0.15) is 0 Å². The number of nitrogens with zero attached hydrogens (tertiary/aromatic N) is 2. The molecule has 2 aromatic carbocycles. The van der Waals surface area contributed by atoms with Crippen LogP contribution in [0.25, 0.3) is 0 Å². The summed E-state index contributed by atoms with van der Waals surface area (Å²) in [5.41, 5.74) is 3.09. The Bertz CT molecular complexity index is 894. The molecule has 2 aromatic rings. The Morgan fingerprint density at radius 2 is 1.71 bits per heavy atom. The van der Waals surface area contributed by atoms with Gasteiger partial charge in [0.05, 0.1) is 12.6 Å². The molecule has 0 spiro atoms. The third kappa shape index (κ3) is 3.70. The number of carbonyl (C=O) groups excluding carboxylic acids is 3. The van der Waals surface area contributed by atoms with E-state index in [1.807, 2.05) is 35.2 Å². The van der Waals surface area contributed by atoms with E-state index in [1.165, 1.54) is 5.56 Å². The number of piperazine rings is 1. The largest absolute Gasteiger partial charge is 0.332 e. The van der Waals surface area contributed by atoms with Gasteiger partial charge >= 0.3 is 0 Å². The van der Waals surface area contributed by atoms with Crippen molar-refractivity contribution in [1.82, 2.24) is 9.80 Å². The van der Waals surface area contributed by atoms with Crippen LogP contribution in [0, 0.1) is 0 Å². The number of amides is 2. The van der Waals surface area contributed by atoms with Crippen molar-refractivity contribution in [2.24, 2.45) is 0 Å². The van der Waals surface area contributed by atoms with Crippen molar-refractivity contribution < 1.29 is 14.4 Å². The molecule has 0 saturated carbocycles. The van der Waals surface area contributed by atoms with Gasteiger partial charge in [0.15, 0.2) is 5.78 Å². The van der Waals surface area contributed by atoms with Crippen LogP contribution in [-0.4, -0.2) is 47.0 Å². The molecule has 1 atom stereocenters. The number of hydrogen-bond acceptors (Lipinski definition) is 3. The summed E-state index contributed by atoms with van der Waals surface area (Å²) < 4.78 is 0. The fourth-order valence-corrected chi connectivity index (χ4v) is 4.19. The number of hydrogen-bond donors (Lipinski definition) is 0. The highest BCUT2D eigenvalue weighted by molar-refractivity contribution is 5.96. The van der Waals surface area contributed by atoms with Crippen molar-refractivity contribution in [3.8, 4) is 0 Å². The second-order valence-electron chi connectivity index (χ2n) is 7.47. The number of fused-ring (bicyclic) bond motifs is 3. The monoisotopic (exact) mass is 376 g/mol. The van der Waals surface area contributed by atoms with Crippen LogP contribution in [0.4, 0.5) is 0 Å². The number of rotatable bonds is 5. The average molecular weight is 376 g/mol. The Morgan fingerprint density at radius 1 is 0.964 bits per heavy atom. The quantitative estimate of drug-likeness (QED) is 0.754. The van der Waals surface area contributed by atoms with E-state index in [4.69, 9.17) is 0 Å². The molecule has 144 valence electrons. The van der Waals surface area contributed by atoms with Gasteiger partial charge in [-0.25, -0.2) is 0 Å². The first-order chi connectivity index (χ1) is 13.6. The summed E-state index contributed by atoms with van der Waals surface area (Å²) in [6.45, 7) is 1.40. The first kappa shape index (κ1) is 18.4. The zero-order valence-electron chi connectivity index (χ0n) is 15.8. The highest BCUT2D eigenvalue weighted by Crippen LogP contribution is 2.33. The van der Waals surface area contributed by atoms with Gasteiger partial charge in [0.2, 0.25) is 11.8 Å². The average Bonchev–Trinajstić information content (AvgIpc) is 2.74. The molecule has 4 rings (SSSR count). The van der Waals surface area contributed by atoms with Crippen molar-refractivity contribution in [2.45, 2.75) is 31.7 Å². The molecule has 2 aliphatic heterocycles. The van der Waals surface area contributed by atoms with Crippen molar-refractivity contribution in [2.75, 3.05) is 19.6 Å². The van der Waals surface area contributed by atoms with Gasteiger partial charge in [0, 0.05) is 31.5 Å². The van der Waals surface area contributed by atoms with E-state index >= 15 is 0 Å². The molecule has 5 nitrogen and oxygen atoms in total. The Hall–Kier alpha value is -2.95. The summed E-state index contributed by atoms with van der Waals surface area (Å²) in [5.74, 6) is 0.0203. The fraction of sp³-hybridized carbons (Fsp3) is 0.348. The Kier molecular flexibility index (Phi) is 5.24. The second kappa shape index (κ2) is 7.97. The summed E-state index contributed by atoms with van der Waals surface area (Å²) in [4.78, 5) is 41.1. The molecule has 0 N–H and O–H groups in total. The molecule has 2 heterocycles. The molecular weight excluding hydrogens is 352 g/mol. The standard InChI is InChI=1S/C23H24N2O3/c26-21(18-8-2-1-3-9-18)11-6-12-22(27)24-15-20-19-10-5-4-7-17(19)13-14-25(20)23(28)16-24/h1-5,7-10,20H,6,11-16H2. The van der Waals surface area contributed by atoms with E-state index < -0.39 is 0 Å². The van der Waals surface area contributed by atoms with Crippen LogP contribution in [0.15, 0.2) is 54.6 Å². The van der Waals surface area contributed by atoms with E-state index in [1.54, 1.807) is 17.0 Å². The van der Waals surface area contributed by atoms with Gasteiger partial charge in [-0.05, 0) is 24.0 Å². The van der Waals surface area contributed by atoms with E-state index in [0.717, 1.165) is 12.0 Å². The number of benzene rings is 2. The minimum atomic E-state index is -0.0545. The summed E-state index contributed by atoms with van der Waals surface area (Å²) in [7, 11) is 0. The Labute approximate surface area is 164 Å². The third-order valence-corrected chi connectivity index (χ3v) is 5.70. The number of carbonyl (C=O) groups is 3. The lowest BCUT2D eigenvalue weighted by atomic mass is 9.90. The van der Waals surface area contributed by atoms with Crippen LogP contribution in [-0.2, 0) is 16.0 Å². The summed E-state index contributed by atoms with van der Waals surface area (Å²) in [6.07, 6.45) is 2.01. The van der Waals surface area contributed by atoms with Gasteiger partial charge in [0.25, 0.3) is 0 Å². The zero-order valence-corrected chi connectivity index (χ0v) is 15.8. The fourth-order valence-electron chi connectivity index (χ4n) is 4.19. The number of ketones is 1. The maximum Gasteiger partial charge on any atom is 0.242 e. The molecule has 2 aliphatic rings. The lowest BCUT2D eigenvalue weighted by molar-refractivity contribution is -0.149. The molecule has 1 fully saturated rings. The summed E-state index contributed by atoms with van der Waals surface area (Å²) in [6, 6.07) is 17.3. The minimum absolute atomic E-state index is 0.0134. The molecule has 0 aliphatic carbocycles. The van der Waals surface area contributed by atoms with Gasteiger partial charge in [0.1, 0.15) is 0 Å². The van der Waals surface area contributed by atoms with Gasteiger partial charge < -0.3 is 9.80 Å². The number of Topliss-reactive ketones (excluding diaryl/α,β-unsaturated/α-hetero) is 1. The third-order valence-electron chi connectivity index (χ3n) is 5.70. The van der Waals surface area contributed by atoms with Crippen molar-refractivity contribution in [3.05, 3.63) is 71.3 Å². The van der Waals surface area contributed by atoms with Gasteiger partial charge in [-0.3, -0.25) is 14.4 Å². The lowest BCUT2D eigenvalue weighted by Gasteiger charge is -2.44. The van der Waals surface area contributed by atoms with Crippen LogP contribution in [0.1, 0.15) is 46.8 Å². The Morgan fingerprint density at radius 3 is 2.54 bits per heavy atom. The van der Waals surface area contributed by atoms with E-state index in [9.17, 15) is 14.4 Å². The first-order valence-electron chi connectivity index (χ1n) is 9.87. The van der Waals surface area contributed by atoms with Crippen LogP contribution >= 0.6 is 0 Å². The zero-order chi connectivity index (χ0) is 19.5. The normalized spacial score (nSPS) is 18.4. The SMILES string of the molecule is O=C(CCCC(=O)N1CC(=O)N2CCc3ccccc3C2C1)c1ccccc1. The van der Waals surface area contributed by atoms with Crippen LogP contribution in [0.3, 0.4) is 0 Å². The van der Waals surface area contributed by atoms with Crippen molar-refractivity contribution in [1.29, 1.82) is 0 Å². The highest BCUT2D eigenvalue weighted by Gasteiger charge is 2.38. The predicted octanol–water partition coefficient (Wildman–Crippen LogP) is 3.01. The topological polar surface area (TPSA) is 57.7 Å². The maximum atomic E-state index is 12.7. The van der Waals surface area contributed by atoms with Crippen LogP contribution < -0.4 is 0 Å². The first-order valence-corrected chi connectivity index (χ1v) is 9.87. The van der Waals surface area contributed by atoms with E-state index in [0.29, 0.717) is 37.9 Å². The smallest absolute Gasteiger partial charge is 0.242 e. The molecule has 28 heavy (non-hydrogen) atoms. The van der Waals surface area contributed by atoms with Crippen LogP contribution in [0.2, 0.25) is 0 Å². The minimum Gasteiger partial charge on any atom is -0.332 e. The molecule has 1 unspecified atom stereocenters. The molecule has 0 bridgehead atoms. The Balaban J connectivity index is 1.37. The summed E-state index contributed by atoms with van der Waals surface area (Å²) in [5, 5.41) is 0. The maximum absolute atomic E-state index is 12.7. The van der Waals surface area contributed by atoms with Gasteiger partial charge in [-0.1, -0.05) is 54.6 Å². The second-order valence-corrected chi connectivity index (χ2v) is 7.47. The molecule has 2 amide bonds. The van der Waals surface area contributed by atoms with E-state index in [-0.39, 0.29) is 30.2 Å². The predicted molar refractivity (Wildman–Crippen MR) is 106 cm³/mol. The lowest BCUT2D eigenvalue weighted by Crippen LogP contribution is -2.55. The molecular formula is C23H24N2O3. The molecule has 1 saturated heterocycles. The molecule has 5 heteroatoms. The molecule has 0 radical (unpaired) electrons.